The van der Waals surface area contributed by atoms with E-state index in [1.807, 2.05) is 75.4 Å². The van der Waals surface area contributed by atoms with Crippen LogP contribution in [-0.4, -0.2) is 32.3 Å². The number of rotatable bonds is 5. The number of carbonyl (C=O) groups is 1. The molecule has 1 N–H and O–H groups in total. The summed E-state index contributed by atoms with van der Waals surface area (Å²) in [6.07, 6.45) is 0. The number of hydrogen-bond donors (Lipinski definition) is 1. The van der Waals surface area contributed by atoms with Crippen LogP contribution < -0.4 is 10.1 Å². The van der Waals surface area contributed by atoms with Gasteiger partial charge in [0.15, 0.2) is 18.1 Å². The summed E-state index contributed by atoms with van der Waals surface area (Å²) in [6, 6.07) is 17.0. The van der Waals surface area contributed by atoms with Gasteiger partial charge in [-0.1, -0.05) is 18.2 Å². The Morgan fingerprint density at radius 1 is 1.00 bits per heavy atom. The van der Waals surface area contributed by atoms with E-state index in [0.717, 1.165) is 22.6 Å². The molecule has 0 aliphatic carbocycles. The molecule has 0 aliphatic rings. The van der Waals surface area contributed by atoms with Gasteiger partial charge in [-0.2, -0.15) is 9.61 Å². The number of aryl methyl sites for hydroxylation is 3. The highest BCUT2D eigenvalue weighted by Crippen LogP contribution is 2.21. The van der Waals surface area contributed by atoms with E-state index in [0.29, 0.717) is 17.1 Å². The number of ether oxygens (including phenoxy) is 1. The van der Waals surface area contributed by atoms with Crippen molar-refractivity contribution in [2.75, 3.05) is 11.9 Å². The molecular formula is C22H21N5O2. The minimum Gasteiger partial charge on any atom is -0.484 e. The molecule has 0 aliphatic heterocycles. The molecule has 1 amide bonds. The van der Waals surface area contributed by atoms with Crippen LogP contribution in [0.4, 0.5) is 5.69 Å². The van der Waals surface area contributed by atoms with E-state index in [1.54, 1.807) is 4.52 Å². The summed E-state index contributed by atoms with van der Waals surface area (Å²) < 4.78 is 7.29. The van der Waals surface area contributed by atoms with Crippen molar-refractivity contribution in [2.45, 2.75) is 20.8 Å². The molecule has 4 rings (SSSR count). The molecule has 7 nitrogen and oxygen atoms in total. The SMILES string of the molecule is Cc1ccc(OCC(=O)Nc2cccc(-c3ccc4nnc(C)n4n3)c2)cc1C. The molecule has 7 heteroatoms. The molecule has 2 aromatic heterocycles. The van der Waals surface area contributed by atoms with Gasteiger partial charge in [-0.15, -0.1) is 10.2 Å². The Bertz CT molecular complexity index is 1200. The molecule has 29 heavy (non-hydrogen) atoms. The summed E-state index contributed by atoms with van der Waals surface area (Å²) in [5.74, 6) is 1.17. The standard InChI is InChI=1S/C22H21N5O2/c1-14-7-8-19(11-15(14)2)29-13-22(28)23-18-6-4-5-17(12-18)20-9-10-21-25-24-16(3)27(21)26-20/h4-12H,13H2,1-3H3,(H,23,28). The molecule has 0 fully saturated rings. The lowest BCUT2D eigenvalue weighted by Gasteiger charge is -2.10. The first-order valence-corrected chi connectivity index (χ1v) is 9.29. The summed E-state index contributed by atoms with van der Waals surface area (Å²) in [5.41, 5.74) is 5.34. The van der Waals surface area contributed by atoms with Gasteiger partial charge >= 0.3 is 0 Å². The predicted molar refractivity (Wildman–Crippen MR) is 111 cm³/mol. The van der Waals surface area contributed by atoms with Crippen LogP contribution in [0.1, 0.15) is 17.0 Å². The van der Waals surface area contributed by atoms with Crippen LogP contribution in [0.2, 0.25) is 0 Å². The third-order valence-corrected chi connectivity index (χ3v) is 4.71. The average Bonchev–Trinajstić information content (AvgIpc) is 3.09. The quantitative estimate of drug-likeness (QED) is 0.564. The summed E-state index contributed by atoms with van der Waals surface area (Å²) >= 11 is 0. The highest BCUT2D eigenvalue weighted by atomic mass is 16.5. The fourth-order valence-electron chi connectivity index (χ4n) is 2.96. The third-order valence-electron chi connectivity index (χ3n) is 4.71. The Kier molecular flexibility index (Phi) is 4.95. The first-order valence-electron chi connectivity index (χ1n) is 9.29. The monoisotopic (exact) mass is 387 g/mol. The van der Waals surface area contributed by atoms with E-state index in [1.165, 1.54) is 5.56 Å². The van der Waals surface area contributed by atoms with Gasteiger partial charge in [-0.25, -0.2) is 0 Å². The van der Waals surface area contributed by atoms with Gasteiger partial charge in [-0.3, -0.25) is 4.79 Å². The molecule has 0 atom stereocenters. The number of anilines is 1. The van der Waals surface area contributed by atoms with Crippen molar-refractivity contribution in [2.24, 2.45) is 0 Å². The van der Waals surface area contributed by atoms with Gasteiger partial charge in [0, 0.05) is 11.3 Å². The minimum atomic E-state index is -0.224. The first-order chi connectivity index (χ1) is 14.0. The van der Waals surface area contributed by atoms with Gasteiger partial charge in [-0.05, 0) is 68.3 Å². The molecule has 146 valence electrons. The Morgan fingerprint density at radius 3 is 2.69 bits per heavy atom. The predicted octanol–water partition coefficient (Wildman–Crippen LogP) is 3.73. The number of nitrogens with zero attached hydrogens (tertiary/aromatic N) is 4. The molecule has 0 unspecified atom stereocenters. The normalized spacial score (nSPS) is 10.9. The van der Waals surface area contributed by atoms with Crippen molar-refractivity contribution in [3.63, 3.8) is 0 Å². The van der Waals surface area contributed by atoms with Crippen molar-refractivity contribution >= 4 is 17.2 Å². The second kappa shape index (κ2) is 7.71. The number of fused-ring (bicyclic) bond motifs is 1. The van der Waals surface area contributed by atoms with Crippen LogP contribution >= 0.6 is 0 Å². The van der Waals surface area contributed by atoms with E-state index < -0.39 is 0 Å². The molecule has 2 heterocycles. The van der Waals surface area contributed by atoms with Gasteiger partial charge in [0.2, 0.25) is 0 Å². The molecule has 0 spiro atoms. The molecule has 0 saturated heterocycles. The van der Waals surface area contributed by atoms with Gasteiger partial charge in [0.1, 0.15) is 5.75 Å². The highest BCUT2D eigenvalue weighted by Gasteiger charge is 2.08. The second-order valence-electron chi connectivity index (χ2n) is 6.90. The van der Waals surface area contributed by atoms with Crippen molar-refractivity contribution in [3.8, 4) is 17.0 Å². The first kappa shape index (κ1) is 18.6. The number of amides is 1. The zero-order valence-corrected chi connectivity index (χ0v) is 16.5. The number of benzene rings is 2. The van der Waals surface area contributed by atoms with Crippen LogP contribution in [0.15, 0.2) is 54.6 Å². The molecule has 0 radical (unpaired) electrons. The molecular weight excluding hydrogens is 366 g/mol. The van der Waals surface area contributed by atoms with Crippen LogP contribution in [0.3, 0.4) is 0 Å². The van der Waals surface area contributed by atoms with Crippen LogP contribution in [-0.2, 0) is 4.79 Å². The Balaban J connectivity index is 1.45. The van der Waals surface area contributed by atoms with E-state index >= 15 is 0 Å². The molecule has 0 saturated carbocycles. The highest BCUT2D eigenvalue weighted by molar-refractivity contribution is 5.92. The summed E-state index contributed by atoms with van der Waals surface area (Å²) in [6.45, 7) is 5.84. The van der Waals surface area contributed by atoms with Crippen molar-refractivity contribution in [1.82, 2.24) is 19.8 Å². The van der Waals surface area contributed by atoms with Gasteiger partial charge < -0.3 is 10.1 Å². The molecule has 4 aromatic rings. The van der Waals surface area contributed by atoms with Crippen molar-refractivity contribution in [3.05, 3.63) is 71.5 Å². The lowest BCUT2D eigenvalue weighted by Crippen LogP contribution is -2.20. The maximum absolute atomic E-state index is 12.3. The number of carbonyl (C=O) groups excluding carboxylic acids is 1. The van der Waals surface area contributed by atoms with Gasteiger partial charge in [0.05, 0.1) is 5.69 Å². The molecule has 0 bridgehead atoms. The fraction of sp³-hybridized carbons (Fsp3) is 0.182. The third kappa shape index (κ3) is 4.08. The second-order valence-corrected chi connectivity index (χ2v) is 6.90. The zero-order chi connectivity index (χ0) is 20.4. The lowest BCUT2D eigenvalue weighted by molar-refractivity contribution is -0.118. The fourth-order valence-corrected chi connectivity index (χ4v) is 2.96. The van der Waals surface area contributed by atoms with Gasteiger partial charge in [0.25, 0.3) is 5.91 Å². The maximum Gasteiger partial charge on any atom is 0.262 e. The Morgan fingerprint density at radius 2 is 1.86 bits per heavy atom. The van der Waals surface area contributed by atoms with Crippen molar-refractivity contribution in [1.29, 1.82) is 0 Å². The average molecular weight is 387 g/mol. The van der Waals surface area contributed by atoms with E-state index in [4.69, 9.17) is 4.74 Å². The van der Waals surface area contributed by atoms with E-state index in [-0.39, 0.29) is 12.5 Å². The van der Waals surface area contributed by atoms with E-state index in [2.05, 4.69) is 20.6 Å². The number of nitrogens with one attached hydrogen (secondary N) is 1. The number of hydrogen-bond acceptors (Lipinski definition) is 5. The summed E-state index contributed by atoms with van der Waals surface area (Å²) in [7, 11) is 0. The topological polar surface area (TPSA) is 81.4 Å². The smallest absolute Gasteiger partial charge is 0.262 e. The summed E-state index contributed by atoms with van der Waals surface area (Å²) in [4.78, 5) is 12.3. The Labute approximate surface area is 168 Å². The lowest BCUT2D eigenvalue weighted by atomic mass is 10.1. The Hall–Kier alpha value is -3.74. The van der Waals surface area contributed by atoms with Crippen LogP contribution in [0, 0.1) is 20.8 Å². The van der Waals surface area contributed by atoms with Crippen LogP contribution in [0.25, 0.3) is 16.9 Å². The van der Waals surface area contributed by atoms with Crippen molar-refractivity contribution < 1.29 is 9.53 Å². The van der Waals surface area contributed by atoms with Crippen LogP contribution in [0.5, 0.6) is 5.75 Å². The minimum absolute atomic E-state index is 0.0587. The number of aromatic nitrogens is 4. The molecule has 2 aromatic carbocycles. The van der Waals surface area contributed by atoms with E-state index in [9.17, 15) is 4.79 Å². The summed E-state index contributed by atoms with van der Waals surface area (Å²) in [5, 5.41) is 15.5. The maximum atomic E-state index is 12.3. The largest absolute Gasteiger partial charge is 0.484 e. The zero-order valence-electron chi connectivity index (χ0n) is 16.5.